The summed E-state index contributed by atoms with van der Waals surface area (Å²) < 4.78 is 35.7. The van der Waals surface area contributed by atoms with Crippen molar-refractivity contribution in [1.82, 2.24) is 4.90 Å². The third-order valence-corrected chi connectivity index (χ3v) is 13.0. The van der Waals surface area contributed by atoms with Crippen molar-refractivity contribution in [2.24, 2.45) is 40.4 Å². The molecule has 1 saturated heterocycles. The van der Waals surface area contributed by atoms with Gasteiger partial charge in [0.05, 0.1) is 50.3 Å². The van der Waals surface area contributed by atoms with Gasteiger partial charge in [-0.05, 0) is 49.9 Å². The Balaban J connectivity index is 1.36. The van der Waals surface area contributed by atoms with Crippen LogP contribution in [0.4, 0.5) is 0 Å². The van der Waals surface area contributed by atoms with E-state index in [1.54, 1.807) is 46.6 Å². The molecular weight excluding hydrogens is 554 g/mol. The van der Waals surface area contributed by atoms with E-state index in [0.29, 0.717) is 42.9 Å². The van der Waals surface area contributed by atoms with E-state index in [1.165, 1.54) is 7.11 Å². The van der Waals surface area contributed by atoms with Crippen molar-refractivity contribution in [2.75, 3.05) is 55.2 Å². The van der Waals surface area contributed by atoms with E-state index in [-0.39, 0.29) is 53.3 Å². The predicted molar refractivity (Wildman–Crippen MR) is 155 cm³/mol. The molecule has 6 aliphatic rings. The van der Waals surface area contributed by atoms with Gasteiger partial charge in [0, 0.05) is 74.8 Å². The lowest BCUT2D eigenvalue weighted by atomic mass is 9.43. The molecule has 1 aromatic carbocycles. The number of aliphatic hydroxyl groups excluding tert-OH is 1. The third kappa shape index (κ3) is 3.59. The second kappa shape index (κ2) is 10.3. The second-order valence-corrected chi connectivity index (χ2v) is 14.0. The van der Waals surface area contributed by atoms with Crippen LogP contribution in [0.25, 0.3) is 0 Å². The minimum Gasteiger partial charge on any atom is -0.493 e. The van der Waals surface area contributed by atoms with E-state index in [9.17, 15) is 15.0 Å². The molecule has 7 rings (SSSR count). The Morgan fingerprint density at radius 1 is 1.05 bits per heavy atom. The number of piperidine rings is 1. The van der Waals surface area contributed by atoms with Gasteiger partial charge in [-0.1, -0.05) is 6.92 Å². The molecule has 2 N–H and O–H groups in total. The number of carbonyl (C=O) groups is 1. The molecule has 1 spiro atoms. The number of rotatable bonds is 9. The van der Waals surface area contributed by atoms with Crippen molar-refractivity contribution in [1.29, 1.82) is 0 Å². The van der Waals surface area contributed by atoms with Crippen LogP contribution in [0.15, 0.2) is 18.2 Å². The fraction of sp³-hybridized carbons (Fsp3) is 0.788. The normalized spacial score (nSPS) is 47.3. The molecular formula is C33H47NO9. The van der Waals surface area contributed by atoms with Gasteiger partial charge >= 0.3 is 5.97 Å². The number of hydrogen-bond donors (Lipinski definition) is 2. The van der Waals surface area contributed by atoms with Crippen molar-refractivity contribution in [3.8, 4) is 11.5 Å². The zero-order valence-corrected chi connectivity index (χ0v) is 26.2. The summed E-state index contributed by atoms with van der Waals surface area (Å²) in [6, 6.07) is 4.96. The standard InChI is InChI=1S/C33H47NO9/c1-7-34-15-31(16-38-2)11-10-23(35)33-19-13-18-22(41-5)14-32(37,25(29(33)34)27(42-6)28(31)33)24(19)26(18)43-30(36)17-8-9-20(39-3)21(12-17)40-4/h8-9,12,18-19,22-29,35,37H,7,10-11,13-16H2,1-6H3/t18-,19-,22-,23+,24-,25+,26+,27+,28-,29-,31+,32-,33+/m1/s1. The van der Waals surface area contributed by atoms with Crippen molar-refractivity contribution < 1.29 is 43.4 Å². The van der Waals surface area contributed by atoms with Crippen LogP contribution in [-0.2, 0) is 18.9 Å². The monoisotopic (exact) mass is 601 g/mol. The summed E-state index contributed by atoms with van der Waals surface area (Å²) in [7, 11) is 8.29. The van der Waals surface area contributed by atoms with Crippen LogP contribution in [-0.4, -0.2) is 112 Å². The number of carbonyl (C=O) groups excluding carboxylic acids is 1. The lowest BCUT2D eigenvalue weighted by Gasteiger charge is -2.68. The first-order valence-electron chi connectivity index (χ1n) is 15.8. The zero-order chi connectivity index (χ0) is 30.5. The van der Waals surface area contributed by atoms with Crippen LogP contribution < -0.4 is 9.47 Å². The van der Waals surface area contributed by atoms with Crippen molar-refractivity contribution in [3.63, 3.8) is 0 Å². The average molecular weight is 602 g/mol. The van der Waals surface area contributed by atoms with Gasteiger partial charge in [0.15, 0.2) is 11.5 Å². The molecule has 13 atom stereocenters. The Kier molecular flexibility index (Phi) is 7.12. The molecule has 1 aromatic rings. The number of esters is 1. The molecule has 10 nitrogen and oxygen atoms in total. The van der Waals surface area contributed by atoms with Crippen LogP contribution in [0.1, 0.15) is 43.0 Å². The molecule has 0 unspecified atom stereocenters. The lowest BCUT2D eigenvalue weighted by molar-refractivity contribution is -0.272. The van der Waals surface area contributed by atoms with E-state index in [0.717, 1.165) is 19.5 Å². The maximum Gasteiger partial charge on any atom is 0.338 e. The van der Waals surface area contributed by atoms with Crippen LogP contribution in [0.5, 0.6) is 11.5 Å². The predicted octanol–water partition coefficient (Wildman–Crippen LogP) is 2.38. The average Bonchev–Trinajstić information content (AvgIpc) is 3.45. The summed E-state index contributed by atoms with van der Waals surface area (Å²) in [5.74, 6) is -0.258. The number of benzene rings is 1. The van der Waals surface area contributed by atoms with E-state index >= 15 is 0 Å². The van der Waals surface area contributed by atoms with Gasteiger partial charge in [-0.2, -0.15) is 0 Å². The molecule has 0 aromatic heterocycles. The minimum absolute atomic E-state index is 0.0214. The summed E-state index contributed by atoms with van der Waals surface area (Å²) >= 11 is 0. The lowest BCUT2D eigenvalue weighted by Crippen LogP contribution is -2.76. The van der Waals surface area contributed by atoms with Crippen LogP contribution in [0.3, 0.4) is 0 Å². The van der Waals surface area contributed by atoms with Crippen molar-refractivity contribution in [3.05, 3.63) is 23.8 Å². The summed E-state index contributed by atoms with van der Waals surface area (Å²) in [5.41, 5.74) is -1.56. The molecule has 1 heterocycles. The largest absolute Gasteiger partial charge is 0.493 e. The highest BCUT2D eigenvalue weighted by molar-refractivity contribution is 5.90. The maximum absolute atomic E-state index is 13.8. The summed E-state index contributed by atoms with van der Waals surface area (Å²) in [6.07, 6.45) is 1.03. The highest BCUT2D eigenvalue weighted by atomic mass is 16.6. The first-order valence-corrected chi connectivity index (χ1v) is 15.8. The van der Waals surface area contributed by atoms with Gasteiger partial charge in [0.25, 0.3) is 0 Å². The Bertz CT molecular complexity index is 1260. The molecule has 1 aliphatic heterocycles. The fourth-order valence-electron chi connectivity index (χ4n) is 12.0. The van der Waals surface area contributed by atoms with Crippen LogP contribution >= 0.6 is 0 Å². The van der Waals surface area contributed by atoms with Crippen LogP contribution in [0.2, 0.25) is 0 Å². The Labute approximate surface area is 253 Å². The molecule has 5 saturated carbocycles. The number of nitrogens with zero attached hydrogens (tertiary/aromatic N) is 1. The van der Waals surface area contributed by atoms with Gasteiger partial charge in [0.2, 0.25) is 0 Å². The van der Waals surface area contributed by atoms with E-state index in [2.05, 4.69) is 11.8 Å². The van der Waals surface area contributed by atoms with Crippen LogP contribution in [0, 0.1) is 40.4 Å². The Hall–Kier alpha value is -1.95. The topological polar surface area (TPSA) is 116 Å². The third-order valence-electron chi connectivity index (χ3n) is 13.0. The molecule has 0 radical (unpaired) electrons. The zero-order valence-electron chi connectivity index (χ0n) is 26.2. The summed E-state index contributed by atoms with van der Waals surface area (Å²) in [5, 5.41) is 25.4. The first kappa shape index (κ1) is 29.7. The fourth-order valence-corrected chi connectivity index (χ4v) is 12.0. The van der Waals surface area contributed by atoms with Gasteiger partial charge in [-0.15, -0.1) is 0 Å². The molecule has 5 aliphatic carbocycles. The molecule has 43 heavy (non-hydrogen) atoms. The molecule has 7 bridgehead atoms. The number of hydrogen-bond acceptors (Lipinski definition) is 10. The Morgan fingerprint density at radius 3 is 2.47 bits per heavy atom. The van der Waals surface area contributed by atoms with Crippen molar-refractivity contribution >= 4 is 5.97 Å². The molecule has 0 amide bonds. The molecule has 238 valence electrons. The quantitative estimate of drug-likeness (QED) is 0.409. The van der Waals surface area contributed by atoms with E-state index < -0.39 is 29.2 Å². The SMILES string of the molecule is CCN1C[C@]2(COC)CC[C@H](O)[C@@]34[C@@H]5C[C@H]6[C@H](OC(=O)c7ccc(OC)c(OC)c7)[C@@H]5[C@](O)(C[C@H]6OC)[C@@H]([C@H](OC)[C@H]23)[C@@H]14. The molecule has 10 heteroatoms. The highest BCUT2D eigenvalue weighted by Crippen LogP contribution is 2.79. The van der Waals surface area contributed by atoms with E-state index in [4.69, 9.17) is 28.4 Å². The van der Waals surface area contributed by atoms with E-state index in [1.807, 2.05) is 0 Å². The number of aliphatic hydroxyl groups is 2. The number of ether oxygens (including phenoxy) is 6. The van der Waals surface area contributed by atoms with Gasteiger partial charge < -0.3 is 38.6 Å². The minimum atomic E-state index is -1.20. The van der Waals surface area contributed by atoms with Gasteiger partial charge in [-0.25, -0.2) is 4.79 Å². The highest BCUT2D eigenvalue weighted by Gasteiger charge is 2.86. The maximum atomic E-state index is 13.8. The van der Waals surface area contributed by atoms with Gasteiger partial charge in [0.1, 0.15) is 6.10 Å². The number of methoxy groups -OCH3 is 5. The summed E-state index contributed by atoms with van der Waals surface area (Å²) in [4.78, 5) is 16.3. The van der Waals surface area contributed by atoms with Crippen molar-refractivity contribution in [2.45, 2.75) is 68.7 Å². The second-order valence-electron chi connectivity index (χ2n) is 14.0. The Morgan fingerprint density at radius 2 is 1.81 bits per heavy atom. The first-order chi connectivity index (χ1) is 20.7. The van der Waals surface area contributed by atoms with Gasteiger partial charge in [-0.3, -0.25) is 4.90 Å². The number of fused-ring (bicyclic) bond motifs is 2. The summed E-state index contributed by atoms with van der Waals surface area (Å²) in [6.45, 7) is 4.43. The molecule has 6 fully saturated rings. The number of likely N-dealkylation sites (tertiary alicyclic amines) is 1. The smallest absolute Gasteiger partial charge is 0.338 e.